The Morgan fingerprint density at radius 2 is 1.81 bits per heavy atom. The van der Waals surface area contributed by atoms with Gasteiger partial charge in [0, 0.05) is 30.9 Å². The van der Waals surface area contributed by atoms with Crippen LogP contribution in [0.1, 0.15) is 6.92 Å². The first kappa shape index (κ1) is 18.1. The highest BCUT2D eigenvalue weighted by Gasteiger charge is 2.19. The number of nitrogens with one attached hydrogen (secondary N) is 1. The number of imidazole rings is 1. The zero-order valence-corrected chi connectivity index (χ0v) is 16.0. The number of aromatic nitrogens is 2. The second kappa shape index (κ2) is 7.70. The Morgan fingerprint density at radius 1 is 1.15 bits per heavy atom. The molecule has 6 nitrogen and oxygen atoms in total. The van der Waals surface area contributed by atoms with Gasteiger partial charge in [0.15, 0.2) is 5.16 Å². The molecular weight excluding hydrogens is 350 g/mol. The van der Waals surface area contributed by atoms with Crippen LogP contribution in [0.15, 0.2) is 47.6 Å². The van der Waals surface area contributed by atoms with Crippen molar-refractivity contribution in [2.75, 3.05) is 19.5 Å². The molecule has 0 saturated heterocycles. The van der Waals surface area contributed by atoms with Gasteiger partial charge in [0.25, 0.3) is 0 Å². The highest BCUT2D eigenvalue weighted by atomic mass is 32.2. The maximum absolute atomic E-state index is 12.6. The molecule has 1 N–H and O–H groups in total. The molecule has 3 aromatic rings. The first-order valence-electron chi connectivity index (χ1n) is 8.14. The second-order valence-electron chi connectivity index (χ2n) is 5.79. The van der Waals surface area contributed by atoms with E-state index < -0.39 is 0 Å². The van der Waals surface area contributed by atoms with Crippen LogP contribution >= 0.6 is 11.8 Å². The molecule has 0 fully saturated rings. The van der Waals surface area contributed by atoms with Gasteiger partial charge in [-0.2, -0.15) is 0 Å². The molecule has 1 unspecified atom stereocenters. The van der Waals surface area contributed by atoms with E-state index in [9.17, 15) is 4.79 Å². The van der Waals surface area contributed by atoms with Crippen LogP contribution in [0.2, 0.25) is 0 Å². The van der Waals surface area contributed by atoms with Crippen molar-refractivity contribution in [3.63, 3.8) is 0 Å². The Hall–Kier alpha value is -2.67. The number of hydrogen-bond acceptors (Lipinski definition) is 5. The average Bonchev–Trinajstić information content (AvgIpc) is 2.97. The lowest BCUT2D eigenvalue weighted by atomic mass is 10.2. The number of nitrogens with zero attached hydrogens (tertiary/aromatic N) is 2. The maximum atomic E-state index is 12.6. The lowest BCUT2D eigenvalue weighted by Gasteiger charge is -2.13. The van der Waals surface area contributed by atoms with Crippen LogP contribution in [0, 0.1) is 0 Å². The number of anilines is 1. The van der Waals surface area contributed by atoms with Gasteiger partial charge in [-0.25, -0.2) is 4.98 Å². The van der Waals surface area contributed by atoms with E-state index in [1.165, 1.54) is 11.8 Å². The monoisotopic (exact) mass is 371 g/mol. The van der Waals surface area contributed by atoms with E-state index in [1.807, 2.05) is 42.8 Å². The number of carbonyl (C=O) groups is 1. The molecule has 1 heterocycles. The molecule has 0 aliphatic heterocycles. The molecule has 1 aromatic heterocycles. The van der Waals surface area contributed by atoms with Crippen molar-refractivity contribution in [3.05, 3.63) is 42.5 Å². The summed E-state index contributed by atoms with van der Waals surface area (Å²) in [7, 11) is 5.10. The smallest absolute Gasteiger partial charge is 0.237 e. The molecule has 2 aromatic carbocycles. The van der Waals surface area contributed by atoms with Crippen molar-refractivity contribution < 1.29 is 14.3 Å². The fourth-order valence-corrected chi connectivity index (χ4v) is 3.45. The third-order valence-electron chi connectivity index (χ3n) is 4.02. The van der Waals surface area contributed by atoms with E-state index in [-0.39, 0.29) is 11.2 Å². The number of ether oxygens (including phenoxy) is 2. The molecule has 7 heteroatoms. The Kier molecular flexibility index (Phi) is 5.37. The molecule has 0 aliphatic rings. The first-order chi connectivity index (χ1) is 12.5. The molecule has 26 heavy (non-hydrogen) atoms. The Balaban J connectivity index is 1.74. The average molecular weight is 371 g/mol. The topological polar surface area (TPSA) is 65.4 Å². The van der Waals surface area contributed by atoms with E-state index in [2.05, 4.69) is 10.3 Å². The minimum atomic E-state index is -0.317. The van der Waals surface area contributed by atoms with Crippen molar-refractivity contribution in [2.45, 2.75) is 17.3 Å². The summed E-state index contributed by atoms with van der Waals surface area (Å²) in [4.78, 5) is 17.2. The molecule has 3 rings (SSSR count). The number of aryl methyl sites for hydroxylation is 1. The largest absolute Gasteiger partial charge is 0.497 e. The lowest BCUT2D eigenvalue weighted by molar-refractivity contribution is -0.115. The lowest BCUT2D eigenvalue weighted by Crippen LogP contribution is -2.22. The van der Waals surface area contributed by atoms with E-state index in [0.29, 0.717) is 17.2 Å². The van der Waals surface area contributed by atoms with Gasteiger partial charge in [0.05, 0.1) is 30.5 Å². The van der Waals surface area contributed by atoms with Crippen molar-refractivity contribution in [2.24, 2.45) is 7.05 Å². The van der Waals surface area contributed by atoms with Gasteiger partial charge >= 0.3 is 0 Å². The third kappa shape index (κ3) is 3.77. The minimum absolute atomic E-state index is 0.114. The number of thioether (sulfide) groups is 1. The van der Waals surface area contributed by atoms with Crippen molar-refractivity contribution in [1.29, 1.82) is 0 Å². The van der Waals surface area contributed by atoms with Gasteiger partial charge in [0.1, 0.15) is 11.5 Å². The number of benzene rings is 2. The third-order valence-corrected chi connectivity index (χ3v) is 5.16. The van der Waals surface area contributed by atoms with Gasteiger partial charge in [-0.05, 0) is 19.1 Å². The number of rotatable bonds is 6. The van der Waals surface area contributed by atoms with Gasteiger partial charge in [-0.3, -0.25) is 4.79 Å². The predicted molar refractivity (Wildman–Crippen MR) is 104 cm³/mol. The fourth-order valence-electron chi connectivity index (χ4n) is 2.56. The summed E-state index contributed by atoms with van der Waals surface area (Å²) in [5, 5.41) is 3.39. The molecule has 1 atom stereocenters. The van der Waals surface area contributed by atoms with Crippen molar-refractivity contribution >= 4 is 34.4 Å². The number of carbonyl (C=O) groups excluding carboxylic acids is 1. The normalized spacial score (nSPS) is 12.0. The summed E-state index contributed by atoms with van der Waals surface area (Å²) in [6.07, 6.45) is 0. The van der Waals surface area contributed by atoms with Crippen molar-refractivity contribution in [3.8, 4) is 11.5 Å². The van der Waals surface area contributed by atoms with Gasteiger partial charge in [0.2, 0.25) is 5.91 Å². The summed E-state index contributed by atoms with van der Waals surface area (Å²) in [6, 6.07) is 13.2. The van der Waals surface area contributed by atoms with E-state index in [4.69, 9.17) is 9.47 Å². The van der Waals surface area contributed by atoms with Crippen LogP contribution in [0.4, 0.5) is 5.69 Å². The van der Waals surface area contributed by atoms with E-state index >= 15 is 0 Å². The quantitative estimate of drug-likeness (QED) is 0.669. The summed E-state index contributed by atoms with van der Waals surface area (Å²) >= 11 is 1.42. The fraction of sp³-hybridized carbons (Fsp3) is 0.263. The predicted octanol–water partition coefficient (Wildman–Crippen LogP) is 3.71. The minimum Gasteiger partial charge on any atom is -0.497 e. The van der Waals surface area contributed by atoms with Crippen LogP contribution in [-0.2, 0) is 11.8 Å². The number of hydrogen-bond donors (Lipinski definition) is 1. The Morgan fingerprint density at radius 3 is 2.42 bits per heavy atom. The molecule has 0 radical (unpaired) electrons. The van der Waals surface area contributed by atoms with Gasteiger partial charge in [-0.15, -0.1) is 0 Å². The molecular formula is C19H21N3O3S. The van der Waals surface area contributed by atoms with Crippen LogP contribution in [0.25, 0.3) is 11.0 Å². The summed E-state index contributed by atoms with van der Waals surface area (Å²) in [5.74, 6) is 1.13. The summed E-state index contributed by atoms with van der Waals surface area (Å²) in [6.45, 7) is 1.86. The maximum Gasteiger partial charge on any atom is 0.237 e. The number of fused-ring (bicyclic) bond motifs is 1. The van der Waals surface area contributed by atoms with Crippen LogP contribution in [0.3, 0.4) is 0 Å². The summed E-state index contributed by atoms with van der Waals surface area (Å²) < 4.78 is 12.5. The Labute approximate surface area is 156 Å². The van der Waals surface area contributed by atoms with Crippen LogP contribution in [-0.4, -0.2) is 34.9 Å². The first-order valence-corrected chi connectivity index (χ1v) is 9.02. The molecule has 1 amide bonds. The second-order valence-corrected chi connectivity index (χ2v) is 7.10. The number of amides is 1. The zero-order valence-electron chi connectivity index (χ0n) is 15.1. The molecule has 0 aliphatic carbocycles. The number of methoxy groups -OCH3 is 2. The molecule has 0 bridgehead atoms. The standard InChI is InChI=1S/C19H21N3O3S/c1-12(26-19-21-16-7-5-6-8-17(16)22(19)2)18(23)20-13-9-14(24-3)11-15(10-13)25-4/h5-12H,1-4H3,(H,20,23). The molecule has 0 spiro atoms. The highest BCUT2D eigenvalue weighted by molar-refractivity contribution is 8.00. The molecule has 136 valence electrons. The van der Waals surface area contributed by atoms with Crippen LogP contribution < -0.4 is 14.8 Å². The van der Waals surface area contributed by atoms with E-state index in [0.717, 1.165) is 16.2 Å². The molecule has 0 saturated carbocycles. The highest BCUT2D eigenvalue weighted by Crippen LogP contribution is 2.29. The number of para-hydroxylation sites is 2. The van der Waals surface area contributed by atoms with Gasteiger partial charge in [-0.1, -0.05) is 23.9 Å². The van der Waals surface area contributed by atoms with E-state index in [1.54, 1.807) is 32.4 Å². The SMILES string of the molecule is COc1cc(NC(=O)C(C)Sc2nc3ccccc3n2C)cc(OC)c1. The Bertz CT molecular complexity index is 917. The van der Waals surface area contributed by atoms with Crippen LogP contribution in [0.5, 0.6) is 11.5 Å². The summed E-state index contributed by atoms with van der Waals surface area (Å²) in [5.41, 5.74) is 2.59. The zero-order chi connectivity index (χ0) is 18.7. The van der Waals surface area contributed by atoms with Gasteiger partial charge < -0.3 is 19.4 Å². The van der Waals surface area contributed by atoms with Crippen molar-refractivity contribution in [1.82, 2.24) is 9.55 Å².